The van der Waals surface area contributed by atoms with Gasteiger partial charge in [0.15, 0.2) is 5.16 Å². The van der Waals surface area contributed by atoms with Gasteiger partial charge in [-0.15, -0.1) is 0 Å². The second kappa shape index (κ2) is 7.64. The molecular weight excluding hydrogens is 347 g/mol. The van der Waals surface area contributed by atoms with E-state index in [0.717, 1.165) is 16.3 Å². The quantitative estimate of drug-likeness (QED) is 0.434. The van der Waals surface area contributed by atoms with Gasteiger partial charge in [-0.25, -0.2) is 9.37 Å². The van der Waals surface area contributed by atoms with Crippen molar-refractivity contribution in [2.45, 2.75) is 17.8 Å². The summed E-state index contributed by atoms with van der Waals surface area (Å²) in [6.07, 6.45) is 0. The van der Waals surface area contributed by atoms with E-state index in [4.69, 9.17) is 16.3 Å². The summed E-state index contributed by atoms with van der Waals surface area (Å²) in [5.41, 5.74) is 1.82. The molecule has 0 aliphatic rings. The third-order valence-corrected chi connectivity index (χ3v) is 4.43. The van der Waals surface area contributed by atoms with Gasteiger partial charge in [0, 0.05) is 22.5 Å². The molecule has 0 unspecified atom stereocenters. The van der Waals surface area contributed by atoms with Crippen LogP contribution < -0.4 is 4.74 Å². The molecule has 0 saturated carbocycles. The maximum atomic E-state index is 13.0. The first-order valence-corrected chi connectivity index (χ1v) is 8.62. The van der Waals surface area contributed by atoms with Gasteiger partial charge in [-0.3, -0.25) is 0 Å². The summed E-state index contributed by atoms with van der Waals surface area (Å²) in [6.45, 7) is 1.87. The number of thioether (sulfide) groups is 1. The van der Waals surface area contributed by atoms with E-state index in [2.05, 4.69) is 9.97 Å². The fourth-order valence-electron chi connectivity index (χ4n) is 2.01. The summed E-state index contributed by atoms with van der Waals surface area (Å²) >= 11 is 7.65. The van der Waals surface area contributed by atoms with Crippen LogP contribution in [0, 0.1) is 12.7 Å². The lowest BCUT2D eigenvalue weighted by Crippen LogP contribution is -1.95. The van der Waals surface area contributed by atoms with Crippen LogP contribution in [0.15, 0.2) is 59.8 Å². The molecule has 0 amide bonds. The maximum Gasteiger partial charge on any atom is 0.223 e. The molecule has 0 saturated heterocycles. The maximum absolute atomic E-state index is 13.0. The Balaban J connectivity index is 1.74. The Morgan fingerprint density at radius 1 is 1.08 bits per heavy atom. The van der Waals surface area contributed by atoms with E-state index in [1.807, 2.05) is 31.2 Å². The molecule has 122 valence electrons. The van der Waals surface area contributed by atoms with Crippen molar-refractivity contribution in [3.8, 4) is 11.6 Å². The second-order valence-electron chi connectivity index (χ2n) is 5.07. The summed E-state index contributed by atoms with van der Waals surface area (Å²) in [5.74, 6) is 1.31. The average molecular weight is 361 g/mol. The fraction of sp³-hybridized carbons (Fsp3) is 0.111. The van der Waals surface area contributed by atoms with Crippen molar-refractivity contribution in [2.75, 3.05) is 0 Å². The zero-order chi connectivity index (χ0) is 16.9. The summed E-state index contributed by atoms with van der Waals surface area (Å²) < 4.78 is 18.6. The van der Waals surface area contributed by atoms with Gasteiger partial charge in [-0.2, -0.15) is 4.98 Å². The summed E-state index contributed by atoms with van der Waals surface area (Å²) in [4.78, 5) is 8.79. The van der Waals surface area contributed by atoms with Crippen molar-refractivity contribution < 1.29 is 9.13 Å². The molecule has 3 aromatic rings. The Hall–Kier alpha value is -2.11. The van der Waals surface area contributed by atoms with E-state index in [-0.39, 0.29) is 5.82 Å². The van der Waals surface area contributed by atoms with Crippen LogP contribution in [0.5, 0.6) is 11.6 Å². The van der Waals surface area contributed by atoms with Gasteiger partial charge in [0.2, 0.25) is 5.88 Å². The van der Waals surface area contributed by atoms with Crippen molar-refractivity contribution in [3.05, 3.63) is 76.7 Å². The molecule has 6 heteroatoms. The lowest BCUT2D eigenvalue weighted by atomic mass is 10.2. The summed E-state index contributed by atoms with van der Waals surface area (Å²) in [5, 5.41) is 1.33. The molecule has 0 aliphatic carbocycles. The molecule has 1 heterocycles. The monoisotopic (exact) mass is 360 g/mol. The molecule has 0 radical (unpaired) electrons. The molecule has 2 aromatic carbocycles. The van der Waals surface area contributed by atoms with Gasteiger partial charge < -0.3 is 4.74 Å². The highest BCUT2D eigenvalue weighted by Gasteiger charge is 2.07. The smallest absolute Gasteiger partial charge is 0.223 e. The third-order valence-electron chi connectivity index (χ3n) is 3.16. The predicted octanol–water partition coefficient (Wildman–Crippen LogP) is 5.66. The number of hydrogen-bond donors (Lipinski definition) is 0. The van der Waals surface area contributed by atoms with E-state index in [1.165, 1.54) is 23.9 Å². The number of benzene rings is 2. The number of ether oxygens (including phenoxy) is 1. The average Bonchev–Trinajstić information content (AvgIpc) is 2.56. The van der Waals surface area contributed by atoms with Gasteiger partial charge in [0.25, 0.3) is 0 Å². The second-order valence-corrected chi connectivity index (χ2v) is 6.42. The summed E-state index contributed by atoms with van der Waals surface area (Å²) in [7, 11) is 0. The van der Waals surface area contributed by atoms with E-state index in [1.54, 1.807) is 18.2 Å². The van der Waals surface area contributed by atoms with Crippen LogP contribution >= 0.6 is 23.4 Å². The molecule has 1 aromatic heterocycles. The van der Waals surface area contributed by atoms with Crippen LogP contribution in [0.4, 0.5) is 4.39 Å². The minimum Gasteiger partial charge on any atom is -0.439 e. The highest BCUT2D eigenvalue weighted by molar-refractivity contribution is 7.98. The first-order chi connectivity index (χ1) is 11.6. The Morgan fingerprint density at radius 3 is 2.58 bits per heavy atom. The molecule has 0 fully saturated rings. The first kappa shape index (κ1) is 16.7. The molecule has 24 heavy (non-hydrogen) atoms. The Labute approximate surface area is 148 Å². The Morgan fingerprint density at radius 2 is 1.83 bits per heavy atom. The first-order valence-electron chi connectivity index (χ1n) is 7.25. The fourth-order valence-corrected chi connectivity index (χ4v) is 3.19. The van der Waals surface area contributed by atoms with Crippen LogP contribution in [-0.4, -0.2) is 9.97 Å². The number of rotatable bonds is 5. The van der Waals surface area contributed by atoms with Crippen LogP contribution in [0.25, 0.3) is 0 Å². The SMILES string of the molecule is Cc1cc(Oc2ccc(F)cc2)nc(SCc2ccccc2Cl)n1. The Kier molecular flexibility index (Phi) is 5.33. The largest absolute Gasteiger partial charge is 0.439 e. The van der Waals surface area contributed by atoms with Crippen LogP contribution in [0.3, 0.4) is 0 Å². The van der Waals surface area contributed by atoms with Gasteiger partial charge in [-0.05, 0) is 42.8 Å². The predicted molar refractivity (Wildman–Crippen MR) is 94.3 cm³/mol. The van der Waals surface area contributed by atoms with E-state index in [9.17, 15) is 4.39 Å². The Bertz CT molecular complexity index is 843. The molecule has 3 rings (SSSR count). The number of aryl methyl sites for hydroxylation is 1. The molecular formula is C18H14ClFN2OS. The lowest BCUT2D eigenvalue weighted by Gasteiger charge is -2.08. The van der Waals surface area contributed by atoms with Crippen molar-refractivity contribution in [1.82, 2.24) is 9.97 Å². The van der Waals surface area contributed by atoms with Crippen molar-refractivity contribution in [3.63, 3.8) is 0 Å². The number of hydrogen-bond acceptors (Lipinski definition) is 4. The molecule has 0 bridgehead atoms. The highest BCUT2D eigenvalue weighted by atomic mass is 35.5. The molecule has 0 aliphatic heterocycles. The molecule has 3 nitrogen and oxygen atoms in total. The number of nitrogens with zero attached hydrogens (tertiary/aromatic N) is 2. The number of aromatic nitrogens is 2. The topological polar surface area (TPSA) is 35.0 Å². The lowest BCUT2D eigenvalue weighted by molar-refractivity contribution is 0.453. The highest BCUT2D eigenvalue weighted by Crippen LogP contribution is 2.27. The van der Waals surface area contributed by atoms with Gasteiger partial charge in [0.05, 0.1) is 0 Å². The standard InChI is InChI=1S/C18H14ClFN2OS/c1-12-10-17(23-15-8-6-14(20)7-9-15)22-18(21-12)24-11-13-4-2-3-5-16(13)19/h2-10H,11H2,1H3. The zero-order valence-corrected chi connectivity index (χ0v) is 14.4. The van der Waals surface area contributed by atoms with Crippen LogP contribution in [-0.2, 0) is 5.75 Å². The van der Waals surface area contributed by atoms with Crippen molar-refractivity contribution in [1.29, 1.82) is 0 Å². The van der Waals surface area contributed by atoms with Crippen LogP contribution in [0.1, 0.15) is 11.3 Å². The number of halogens is 2. The van der Waals surface area contributed by atoms with Gasteiger partial charge in [-0.1, -0.05) is 41.6 Å². The van der Waals surface area contributed by atoms with Crippen molar-refractivity contribution in [2.24, 2.45) is 0 Å². The molecule has 0 N–H and O–H groups in total. The van der Waals surface area contributed by atoms with Gasteiger partial charge >= 0.3 is 0 Å². The van der Waals surface area contributed by atoms with E-state index >= 15 is 0 Å². The molecule has 0 atom stereocenters. The zero-order valence-electron chi connectivity index (χ0n) is 12.9. The normalized spacial score (nSPS) is 10.6. The summed E-state index contributed by atoms with van der Waals surface area (Å²) in [6, 6.07) is 15.2. The minimum absolute atomic E-state index is 0.308. The van der Waals surface area contributed by atoms with Crippen LogP contribution in [0.2, 0.25) is 5.02 Å². The molecule has 0 spiro atoms. The third kappa shape index (κ3) is 4.46. The minimum atomic E-state index is -0.308. The van der Waals surface area contributed by atoms with Crippen molar-refractivity contribution >= 4 is 23.4 Å². The van der Waals surface area contributed by atoms with E-state index in [0.29, 0.717) is 22.5 Å². The van der Waals surface area contributed by atoms with Gasteiger partial charge in [0.1, 0.15) is 11.6 Å². The van der Waals surface area contributed by atoms with E-state index < -0.39 is 0 Å².